The third kappa shape index (κ3) is 3.07. The Morgan fingerprint density at radius 2 is 2.07 bits per heavy atom. The molecular formula is C20H26N8. The number of nitrogens with zero attached hydrogens (tertiary/aromatic N) is 6. The first-order chi connectivity index (χ1) is 13.6. The lowest BCUT2D eigenvalue weighted by molar-refractivity contribution is 0.155. The minimum atomic E-state index is 0.346. The van der Waals surface area contributed by atoms with Gasteiger partial charge in [0.05, 0.1) is 18.0 Å². The van der Waals surface area contributed by atoms with Crippen LogP contribution in [0.25, 0.3) is 11.0 Å². The van der Waals surface area contributed by atoms with Gasteiger partial charge in [-0.2, -0.15) is 4.98 Å². The van der Waals surface area contributed by atoms with Crippen LogP contribution in [0, 0.1) is 5.41 Å². The van der Waals surface area contributed by atoms with Crippen molar-refractivity contribution in [3.05, 3.63) is 30.9 Å². The fourth-order valence-electron chi connectivity index (χ4n) is 4.32. The molecule has 0 bridgehead atoms. The van der Waals surface area contributed by atoms with Crippen LogP contribution in [0.1, 0.15) is 32.7 Å². The number of hydrogen-bond donors (Lipinski definition) is 2. The third-order valence-corrected chi connectivity index (χ3v) is 5.81. The number of rotatable bonds is 4. The number of fused-ring (bicyclic) bond motifs is 1. The molecule has 5 heterocycles. The standard InChI is InChI=1S/C20H26N8/c1-14(2)28-13-24-15-9-23-18(8-16(15)28)25-17-4-7-22-19(26-17)27-11-20(12-27)5-3-6-21-10-20/h4,7-9,13-14,21H,3,5-6,10-12H2,1-2H3,(H,22,23,25,26). The van der Waals surface area contributed by atoms with Crippen molar-refractivity contribution in [1.82, 2.24) is 29.8 Å². The predicted molar refractivity (Wildman–Crippen MR) is 110 cm³/mol. The molecular weight excluding hydrogens is 352 g/mol. The Labute approximate surface area is 164 Å². The van der Waals surface area contributed by atoms with Crippen molar-refractivity contribution in [2.24, 2.45) is 5.41 Å². The van der Waals surface area contributed by atoms with Gasteiger partial charge in [-0.15, -0.1) is 0 Å². The van der Waals surface area contributed by atoms with Gasteiger partial charge >= 0.3 is 0 Å². The number of piperidine rings is 1. The van der Waals surface area contributed by atoms with Crippen LogP contribution in [0.4, 0.5) is 17.6 Å². The van der Waals surface area contributed by atoms with Gasteiger partial charge in [0.1, 0.15) is 17.2 Å². The molecule has 1 spiro atoms. The van der Waals surface area contributed by atoms with Crippen LogP contribution in [-0.2, 0) is 0 Å². The van der Waals surface area contributed by atoms with E-state index in [1.54, 1.807) is 6.20 Å². The number of imidazole rings is 1. The molecule has 0 saturated carbocycles. The number of hydrogen-bond acceptors (Lipinski definition) is 7. The predicted octanol–water partition coefficient (Wildman–Crippen LogP) is 2.74. The SMILES string of the molecule is CC(C)n1cnc2cnc(Nc3ccnc(N4CC5(CCCNC5)C4)n3)cc21. The van der Waals surface area contributed by atoms with Gasteiger partial charge in [-0.25, -0.2) is 15.0 Å². The van der Waals surface area contributed by atoms with Gasteiger partial charge in [0.25, 0.3) is 0 Å². The normalized spacial score (nSPS) is 18.6. The van der Waals surface area contributed by atoms with Gasteiger partial charge in [-0.1, -0.05) is 0 Å². The van der Waals surface area contributed by atoms with E-state index in [9.17, 15) is 0 Å². The van der Waals surface area contributed by atoms with E-state index in [4.69, 9.17) is 4.98 Å². The number of nitrogens with one attached hydrogen (secondary N) is 2. The van der Waals surface area contributed by atoms with E-state index in [-0.39, 0.29) is 0 Å². The second-order valence-corrected chi connectivity index (χ2v) is 8.31. The second kappa shape index (κ2) is 6.70. The molecule has 0 radical (unpaired) electrons. The molecule has 5 rings (SSSR count). The number of pyridine rings is 1. The van der Waals surface area contributed by atoms with E-state index < -0.39 is 0 Å². The molecule has 28 heavy (non-hydrogen) atoms. The smallest absolute Gasteiger partial charge is 0.227 e. The van der Waals surface area contributed by atoms with E-state index in [1.165, 1.54) is 12.8 Å². The third-order valence-electron chi connectivity index (χ3n) is 5.81. The van der Waals surface area contributed by atoms with E-state index >= 15 is 0 Å². The molecule has 2 fully saturated rings. The summed E-state index contributed by atoms with van der Waals surface area (Å²) in [6.07, 6.45) is 8.03. The van der Waals surface area contributed by atoms with Crippen LogP contribution < -0.4 is 15.5 Å². The fraction of sp³-hybridized carbons (Fsp3) is 0.500. The Balaban J connectivity index is 1.33. The zero-order valence-electron chi connectivity index (χ0n) is 16.4. The molecule has 146 valence electrons. The summed E-state index contributed by atoms with van der Waals surface area (Å²) in [7, 11) is 0. The molecule has 2 saturated heterocycles. The molecule has 3 aromatic heterocycles. The van der Waals surface area contributed by atoms with E-state index in [1.807, 2.05) is 24.7 Å². The van der Waals surface area contributed by atoms with Gasteiger partial charge in [0.15, 0.2) is 0 Å². The maximum Gasteiger partial charge on any atom is 0.227 e. The van der Waals surface area contributed by atoms with E-state index in [2.05, 4.69) is 48.9 Å². The van der Waals surface area contributed by atoms with Crippen LogP contribution in [0.5, 0.6) is 0 Å². The molecule has 0 atom stereocenters. The first kappa shape index (κ1) is 17.4. The number of aromatic nitrogens is 5. The maximum atomic E-state index is 4.71. The van der Waals surface area contributed by atoms with Crippen LogP contribution in [0.3, 0.4) is 0 Å². The average Bonchev–Trinajstić information content (AvgIpc) is 3.10. The van der Waals surface area contributed by atoms with Crippen molar-refractivity contribution in [2.45, 2.75) is 32.7 Å². The highest BCUT2D eigenvalue weighted by molar-refractivity contribution is 5.78. The zero-order chi connectivity index (χ0) is 19.1. The molecule has 8 heteroatoms. The highest BCUT2D eigenvalue weighted by atomic mass is 15.3. The molecule has 0 aliphatic carbocycles. The monoisotopic (exact) mass is 378 g/mol. The first-order valence-electron chi connectivity index (χ1n) is 10.0. The van der Waals surface area contributed by atoms with Gasteiger partial charge in [-0.3, -0.25) is 0 Å². The van der Waals surface area contributed by atoms with Gasteiger partial charge in [0, 0.05) is 43.4 Å². The summed E-state index contributed by atoms with van der Waals surface area (Å²) in [6, 6.07) is 4.25. The van der Waals surface area contributed by atoms with Crippen molar-refractivity contribution in [3.8, 4) is 0 Å². The highest BCUT2D eigenvalue weighted by Crippen LogP contribution is 2.38. The molecule has 3 aromatic rings. The van der Waals surface area contributed by atoms with E-state index in [0.717, 1.165) is 54.8 Å². The highest BCUT2D eigenvalue weighted by Gasteiger charge is 2.44. The Bertz CT molecular complexity index is 981. The van der Waals surface area contributed by atoms with Crippen LogP contribution >= 0.6 is 0 Å². The summed E-state index contributed by atoms with van der Waals surface area (Å²) >= 11 is 0. The van der Waals surface area contributed by atoms with Crippen molar-refractivity contribution < 1.29 is 0 Å². The number of anilines is 3. The summed E-state index contributed by atoms with van der Waals surface area (Å²) in [4.78, 5) is 20.4. The van der Waals surface area contributed by atoms with Gasteiger partial charge in [-0.05, 0) is 39.3 Å². The topological polar surface area (TPSA) is 83.8 Å². The fourth-order valence-corrected chi connectivity index (χ4v) is 4.32. The van der Waals surface area contributed by atoms with Crippen LogP contribution in [-0.4, -0.2) is 50.7 Å². The summed E-state index contributed by atoms with van der Waals surface area (Å²) in [5, 5.41) is 6.85. The van der Waals surface area contributed by atoms with Crippen LogP contribution in [0.15, 0.2) is 30.9 Å². The van der Waals surface area contributed by atoms with Gasteiger partial charge < -0.3 is 20.1 Å². The van der Waals surface area contributed by atoms with E-state index in [0.29, 0.717) is 11.5 Å². The summed E-state index contributed by atoms with van der Waals surface area (Å²) < 4.78 is 2.14. The maximum absolute atomic E-state index is 4.71. The van der Waals surface area contributed by atoms with Crippen molar-refractivity contribution in [3.63, 3.8) is 0 Å². The molecule has 2 aliphatic heterocycles. The minimum Gasteiger partial charge on any atom is -0.339 e. The van der Waals surface area contributed by atoms with Crippen molar-refractivity contribution >= 4 is 28.6 Å². The summed E-state index contributed by atoms with van der Waals surface area (Å²) in [5.74, 6) is 2.31. The summed E-state index contributed by atoms with van der Waals surface area (Å²) in [5.41, 5.74) is 2.37. The molecule has 0 unspecified atom stereocenters. The Morgan fingerprint density at radius 1 is 1.18 bits per heavy atom. The molecule has 8 nitrogen and oxygen atoms in total. The zero-order valence-corrected chi connectivity index (χ0v) is 16.4. The van der Waals surface area contributed by atoms with Crippen molar-refractivity contribution in [1.29, 1.82) is 0 Å². The molecule has 2 aliphatic rings. The Kier molecular flexibility index (Phi) is 4.16. The Hall–Kier alpha value is -2.74. The lowest BCUT2D eigenvalue weighted by atomic mass is 9.74. The van der Waals surface area contributed by atoms with Crippen molar-refractivity contribution in [2.75, 3.05) is 36.4 Å². The van der Waals surface area contributed by atoms with Crippen LogP contribution in [0.2, 0.25) is 0 Å². The average molecular weight is 378 g/mol. The summed E-state index contributed by atoms with van der Waals surface area (Å²) in [6.45, 7) is 8.60. The largest absolute Gasteiger partial charge is 0.339 e. The van der Waals surface area contributed by atoms with Gasteiger partial charge in [0.2, 0.25) is 5.95 Å². The molecule has 0 amide bonds. The lowest BCUT2D eigenvalue weighted by Crippen LogP contribution is -2.62. The Morgan fingerprint density at radius 3 is 2.86 bits per heavy atom. The second-order valence-electron chi connectivity index (χ2n) is 8.31. The quantitative estimate of drug-likeness (QED) is 0.722. The molecule has 0 aromatic carbocycles. The molecule has 2 N–H and O–H groups in total. The first-order valence-corrected chi connectivity index (χ1v) is 10.0. The lowest BCUT2D eigenvalue weighted by Gasteiger charge is -2.52. The minimum absolute atomic E-state index is 0.346.